The standard InChI is InChI=1S/C29H25N3O4S/c1-3-16-36-29(34)26-20(2)31-28(23(18-30)27(26)24-15-10-17-35-24)37-19-25(33)32(21-11-6-4-7-12-21)22-13-8-5-9-14-22/h3-15,17,27,31H,1,16,19H2,2H3/t27-/m1/s1. The highest BCUT2D eigenvalue weighted by atomic mass is 32.2. The predicted molar refractivity (Wildman–Crippen MR) is 144 cm³/mol. The average molecular weight is 512 g/mol. The number of amides is 1. The van der Waals surface area contributed by atoms with Crippen molar-refractivity contribution in [1.82, 2.24) is 5.32 Å². The second-order valence-corrected chi connectivity index (χ2v) is 9.03. The number of benzene rings is 2. The lowest BCUT2D eigenvalue weighted by atomic mass is 9.86. The van der Waals surface area contributed by atoms with E-state index in [1.807, 2.05) is 60.7 Å². The number of nitriles is 1. The maximum absolute atomic E-state index is 13.5. The van der Waals surface area contributed by atoms with Crippen molar-refractivity contribution in [1.29, 1.82) is 5.26 Å². The molecule has 1 amide bonds. The number of esters is 1. The van der Waals surface area contributed by atoms with Gasteiger partial charge in [0.15, 0.2) is 0 Å². The maximum atomic E-state index is 13.5. The number of anilines is 2. The van der Waals surface area contributed by atoms with E-state index in [0.717, 1.165) is 11.4 Å². The molecule has 0 fully saturated rings. The summed E-state index contributed by atoms with van der Waals surface area (Å²) in [6.45, 7) is 5.35. The van der Waals surface area contributed by atoms with Crippen LogP contribution in [-0.2, 0) is 14.3 Å². The molecule has 8 heteroatoms. The van der Waals surface area contributed by atoms with Crippen LogP contribution in [-0.4, -0.2) is 24.2 Å². The van der Waals surface area contributed by atoms with Crippen LogP contribution in [0.4, 0.5) is 11.4 Å². The number of carbonyl (C=O) groups excluding carboxylic acids is 2. The van der Waals surface area contributed by atoms with Crippen LogP contribution in [0.2, 0.25) is 0 Å². The molecule has 0 aliphatic carbocycles. The van der Waals surface area contributed by atoms with E-state index in [2.05, 4.69) is 18.0 Å². The van der Waals surface area contributed by atoms with Crippen molar-refractivity contribution >= 4 is 35.0 Å². The molecule has 1 N–H and O–H groups in total. The second-order valence-electron chi connectivity index (χ2n) is 8.04. The van der Waals surface area contributed by atoms with Gasteiger partial charge in [0, 0.05) is 17.1 Å². The molecule has 7 nitrogen and oxygen atoms in total. The first-order valence-electron chi connectivity index (χ1n) is 11.5. The number of nitrogens with zero attached hydrogens (tertiary/aromatic N) is 2. The Bertz CT molecular complexity index is 1330. The van der Waals surface area contributed by atoms with Crippen LogP contribution in [0.5, 0.6) is 0 Å². The Labute approximate surface area is 219 Å². The van der Waals surface area contributed by atoms with Gasteiger partial charge in [0.25, 0.3) is 0 Å². The van der Waals surface area contributed by atoms with Gasteiger partial charge in [0.05, 0.1) is 40.2 Å². The number of rotatable bonds is 9. The molecule has 1 aliphatic heterocycles. The molecular formula is C29H25N3O4S. The maximum Gasteiger partial charge on any atom is 0.337 e. The smallest absolute Gasteiger partial charge is 0.337 e. The third-order valence-electron chi connectivity index (χ3n) is 5.65. The first-order chi connectivity index (χ1) is 18.0. The molecule has 2 aromatic carbocycles. The number of carbonyl (C=O) groups is 2. The molecule has 0 radical (unpaired) electrons. The molecule has 1 atom stereocenters. The van der Waals surface area contributed by atoms with Crippen molar-refractivity contribution in [3.05, 3.63) is 119 Å². The fourth-order valence-electron chi connectivity index (χ4n) is 4.04. The molecule has 0 saturated carbocycles. The average Bonchev–Trinajstić information content (AvgIpc) is 3.46. The molecule has 37 heavy (non-hydrogen) atoms. The minimum atomic E-state index is -0.768. The first-order valence-corrected chi connectivity index (χ1v) is 12.5. The van der Waals surface area contributed by atoms with E-state index in [-0.39, 0.29) is 29.4 Å². The summed E-state index contributed by atoms with van der Waals surface area (Å²) in [6.07, 6.45) is 2.97. The van der Waals surface area contributed by atoms with Gasteiger partial charge in [-0.05, 0) is 43.3 Å². The van der Waals surface area contributed by atoms with E-state index in [1.54, 1.807) is 24.0 Å². The Morgan fingerprint density at radius 1 is 1.11 bits per heavy atom. The van der Waals surface area contributed by atoms with E-state index >= 15 is 0 Å². The van der Waals surface area contributed by atoms with Gasteiger partial charge in [0.2, 0.25) is 5.91 Å². The van der Waals surface area contributed by atoms with E-state index in [1.165, 1.54) is 24.1 Å². The number of para-hydroxylation sites is 2. The van der Waals surface area contributed by atoms with Crippen molar-refractivity contribution in [3.63, 3.8) is 0 Å². The summed E-state index contributed by atoms with van der Waals surface area (Å²) < 4.78 is 10.9. The van der Waals surface area contributed by atoms with Gasteiger partial charge in [-0.1, -0.05) is 60.8 Å². The van der Waals surface area contributed by atoms with Gasteiger partial charge >= 0.3 is 5.97 Å². The minimum absolute atomic E-state index is 0.0387. The number of hydrogen-bond acceptors (Lipinski definition) is 7. The second kappa shape index (κ2) is 12.0. The lowest BCUT2D eigenvalue weighted by Gasteiger charge is -2.28. The molecule has 0 spiro atoms. The predicted octanol–water partition coefficient (Wildman–Crippen LogP) is 5.80. The third kappa shape index (κ3) is 5.68. The third-order valence-corrected chi connectivity index (χ3v) is 6.65. The quantitative estimate of drug-likeness (QED) is 0.286. The molecule has 2 heterocycles. The van der Waals surface area contributed by atoms with Crippen LogP contribution >= 0.6 is 11.8 Å². The Balaban J connectivity index is 1.64. The van der Waals surface area contributed by atoms with E-state index < -0.39 is 11.9 Å². The molecule has 4 rings (SSSR count). The fraction of sp³-hybridized carbons (Fsp3) is 0.138. The topological polar surface area (TPSA) is 95.6 Å². The van der Waals surface area contributed by atoms with Gasteiger partial charge < -0.3 is 14.5 Å². The van der Waals surface area contributed by atoms with Crippen LogP contribution in [0.25, 0.3) is 0 Å². The first kappa shape index (κ1) is 25.6. The molecule has 3 aromatic rings. The molecule has 0 bridgehead atoms. The van der Waals surface area contributed by atoms with E-state index in [0.29, 0.717) is 16.5 Å². The van der Waals surface area contributed by atoms with Crippen LogP contribution in [0.1, 0.15) is 18.6 Å². The van der Waals surface area contributed by atoms with Crippen molar-refractivity contribution in [2.45, 2.75) is 12.8 Å². The summed E-state index contributed by atoms with van der Waals surface area (Å²) >= 11 is 1.20. The van der Waals surface area contributed by atoms with Crippen LogP contribution in [0.15, 0.2) is 118 Å². The molecular weight excluding hydrogens is 486 g/mol. The Kier molecular flexibility index (Phi) is 8.29. The molecule has 0 unspecified atom stereocenters. The number of furan rings is 1. The SMILES string of the molecule is C=CCOC(=O)C1=C(C)NC(SCC(=O)N(c2ccccc2)c2ccccc2)=C(C#N)[C@@H]1c1ccco1. The van der Waals surface area contributed by atoms with Crippen molar-refractivity contribution in [2.75, 3.05) is 17.3 Å². The number of allylic oxidation sites excluding steroid dienone is 2. The summed E-state index contributed by atoms with van der Waals surface area (Å²) in [4.78, 5) is 28.1. The van der Waals surface area contributed by atoms with Crippen molar-refractivity contribution in [3.8, 4) is 6.07 Å². The highest BCUT2D eigenvalue weighted by Gasteiger charge is 2.37. The lowest BCUT2D eigenvalue weighted by Crippen LogP contribution is -2.31. The lowest BCUT2D eigenvalue weighted by molar-refractivity contribution is -0.138. The number of ether oxygens (including phenoxy) is 1. The normalized spacial score (nSPS) is 15.0. The van der Waals surface area contributed by atoms with E-state index in [4.69, 9.17) is 9.15 Å². The highest BCUT2D eigenvalue weighted by Crippen LogP contribution is 2.41. The zero-order chi connectivity index (χ0) is 26.2. The van der Waals surface area contributed by atoms with Crippen molar-refractivity contribution in [2.24, 2.45) is 0 Å². The summed E-state index contributed by atoms with van der Waals surface area (Å²) in [5.74, 6) is -1.02. The number of hydrogen-bond donors (Lipinski definition) is 1. The summed E-state index contributed by atoms with van der Waals surface area (Å²) in [5.41, 5.74) is 2.55. The van der Waals surface area contributed by atoms with Gasteiger partial charge in [-0.2, -0.15) is 5.26 Å². The Hall–Kier alpha value is -4.48. The van der Waals surface area contributed by atoms with Gasteiger partial charge in [0.1, 0.15) is 12.4 Å². The monoisotopic (exact) mass is 511 g/mol. The van der Waals surface area contributed by atoms with Gasteiger partial charge in [-0.15, -0.1) is 0 Å². The molecule has 1 aromatic heterocycles. The van der Waals surface area contributed by atoms with E-state index in [9.17, 15) is 14.9 Å². The number of nitrogens with one attached hydrogen (secondary N) is 1. The fourth-order valence-corrected chi connectivity index (χ4v) is 4.98. The summed E-state index contributed by atoms with van der Waals surface area (Å²) in [6, 6.07) is 24.4. The molecule has 1 aliphatic rings. The van der Waals surface area contributed by atoms with Gasteiger partial charge in [-0.3, -0.25) is 9.69 Å². The van der Waals surface area contributed by atoms with Gasteiger partial charge in [-0.25, -0.2) is 4.79 Å². The molecule has 186 valence electrons. The Morgan fingerprint density at radius 2 is 1.76 bits per heavy atom. The van der Waals surface area contributed by atoms with Crippen molar-refractivity contribution < 1.29 is 18.7 Å². The summed E-state index contributed by atoms with van der Waals surface area (Å²) in [5, 5.41) is 13.8. The number of thioether (sulfide) groups is 1. The molecule has 0 saturated heterocycles. The minimum Gasteiger partial charge on any atom is -0.468 e. The largest absolute Gasteiger partial charge is 0.468 e. The van der Waals surface area contributed by atoms with Crippen LogP contribution < -0.4 is 10.2 Å². The summed E-state index contributed by atoms with van der Waals surface area (Å²) in [7, 11) is 0. The highest BCUT2D eigenvalue weighted by molar-refractivity contribution is 8.03. The number of dihydropyridines is 1. The Morgan fingerprint density at radius 3 is 2.30 bits per heavy atom. The zero-order valence-corrected chi connectivity index (χ0v) is 21.0. The van der Waals surface area contributed by atoms with Crippen LogP contribution in [0, 0.1) is 11.3 Å². The van der Waals surface area contributed by atoms with Crippen LogP contribution in [0.3, 0.4) is 0 Å². The zero-order valence-electron chi connectivity index (χ0n) is 20.2.